The summed E-state index contributed by atoms with van der Waals surface area (Å²) in [6.07, 6.45) is 0. The van der Waals surface area contributed by atoms with Crippen LogP contribution in [0.2, 0.25) is 0 Å². The topological polar surface area (TPSA) is 58.6 Å². The Morgan fingerprint density at radius 1 is 1.03 bits per heavy atom. The highest BCUT2D eigenvalue weighted by molar-refractivity contribution is 5.80. The lowest BCUT2D eigenvalue weighted by Gasteiger charge is -2.37. The average molecular weight is 434 g/mol. The number of nitrogens with zero attached hydrogens (tertiary/aromatic N) is 3. The van der Waals surface area contributed by atoms with Crippen LogP contribution in [0.25, 0.3) is 0 Å². The van der Waals surface area contributed by atoms with Crippen molar-refractivity contribution in [3.05, 3.63) is 48.0 Å². The second kappa shape index (κ2) is 10.7. The number of benzene rings is 2. The van der Waals surface area contributed by atoms with E-state index in [9.17, 15) is 8.78 Å². The van der Waals surface area contributed by atoms with Crippen LogP contribution in [0, 0.1) is 0 Å². The molecule has 2 aromatic carbocycles. The highest BCUT2D eigenvalue weighted by Crippen LogP contribution is 2.29. The van der Waals surface area contributed by atoms with Gasteiger partial charge in [0.05, 0.1) is 14.2 Å². The van der Waals surface area contributed by atoms with Gasteiger partial charge in [-0.05, 0) is 29.8 Å². The predicted molar refractivity (Wildman–Crippen MR) is 117 cm³/mol. The van der Waals surface area contributed by atoms with Gasteiger partial charge in [0.1, 0.15) is 5.75 Å². The lowest BCUT2D eigenvalue weighted by molar-refractivity contribution is -0.0512. The van der Waals surface area contributed by atoms with Crippen LogP contribution in [-0.4, -0.2) is 64.9 Å². The van der Waals surface area contributed by atoms with E-state index in [2.05, 4.69) is 30.9 Å². The standard InChI is InChI=1S/C22H28F2N4O3/c1-25-22(26-15-16-7-8-19(30-3)20(13-16)31-21(23)24)28-11-9-27(10-12-28)17-5-4-6-18(14-17)29-2/h4-8,13-14,21H,9-12,15H2,1-3H3,(H,25,26). The maximum absolute atomic E-state index is 12.6. The molecule has 0 spiro atoms. The molecule has 0 saturated carbocycles. The van der Waals surface area contributed by atoms with Crippen molar-refractivity contribution in [3.8, 4) is 17.2 Å². The Kier molecular flexibility index (Phi) is 7.75. The van der Waals surface area contributed by atoms with E-state index in [1.807, 2.05) is 18.2 Å². The minimum atomic E-state index is -2.91. The number of halogens is 2. The molecule has 2 aromatic rings. The molecule has 0 unspecified atom stereocenters. The van der Waals surface area contributed by atoms with Crippen LogP contribution >= 0.6 is 0 Å². The quantitative estimate of drug-likeness (QED) is 0.534. The maximum Gasteiger partial charge on any atom is 0.387 e. The molecule has 1 heterocycles. The normalized spacial score (nSPS) is 14.6. The average Bonchev–Trinajstić information content (AvgIpc) is 2.79. The van der Waals surface area contributed by atoms with Crippen molar-refractivity contribution in [2.75, 3.05) is 52.3 Å². The van der Waals surface area contributed by atoms with Crippen molar-refractivity contribution >= 4 is 11.6 Å². The molecule has 0 aromatic heterocycles. The molecule has 0 bridgehead atoms. The fraction of sp³-hybridized carbons (Fsp3) is 0.409. The van der Waals surface area contributed by atoms with Gasteiger partial charge in [0.2, 0.25) is 0 Å². The molecule has 0 atom stereocenters. The van der Waals surface area contributed by atoms with Crippen LogP contribution in [0.5, 0.6) is 17.2 Å². The predicted octanol–water partition coefficient (Wildman–Crippen LogP) is 3.20. The first-order valence-corrected chi connectivity index (χ1v) is 10.0. The van der Waals surface area contributed by atoms with Crippen LogP contribution in [0.1, 0.15) is 5.56 Å². The zero-order valence-electron chi connectivity index (χ0n) is 18.0. The molecular weight excluding hydrogens is 406 g/mol. The molecule has 1 aliphatic rings. The van der Waals surface area contributed by atoms with E-state index >= 15 is 0 Å². The van der Waals surface area contributed by atoms with Gasteiger partial charge in [0.15, 0.2) is 17.5 Å². The van der Waals surface area contributed by atoms with Crippen LogP contribution in [-0.2, 0) is 6.54 Å². The zero-order chi connectivity index (χ0) is 22.2. The van der Waals surface area contributed by atoms with Gasteiger partial charge in [-0.15, -0.1) is 0 Å². The number of ether oxygens (including phenoxy) is 3. The van der Waals surface area contributed by atoms with Crippen molar-refractivity contribution in [2.24, 2.45) is 4.99 Å². The van der Waals surface area contributed by atoms with Crippen molar-refractivity contribution < 1.29 is 23.0 Å². The summed E-state index contributed by atoms with van der Waals surface area (Å²) in [4.78, 5) is 8.86. The first kappa shape index (κ1) is 22.5. The highest BCUT2D eigenvalue weighted by Gasteiger charge is 2.20. The van der Waals surface area contributed by atoms with Gasteiger partial charge in [0.25, 0.3) is 0 Å². The summed E-state index contributed by atoms with van der Waals surface area (Å²) in [6, 6.07) is 13.0. The number of hydrogen-bond acceptors (Lipinski definition) is 5. The number of guanidine groups is 1. The summed E-state index contributed by atoms with van der Waals surface area (Å²) in [6.45, 7) is 0.821. The minimum absolute atomic E-state index is 0.0127. The molecule has 0 radical (unpaired) electrons. The molecule has 9 heteroatoms. The number of hydrogen-bond donors (Lipinski definition) is 1. The molecule has 1 fully saturated rings. The SMILES string of the molecule is CN=C(NCc1ccc(OC)c(OC(F)F)c1)N1CCN(c2cccc(OC)c2)CC1. The van der Waals surface area contributed by atoms with Gasteiger partial charge in [0, 0.05) is 51.5 Å². The summed E-state index contributed by atoms with van der Waals surface area (Å²) in [5.41, 5.74) is 1.92. The second-order valence-corrected chi connectivity index (χ2v) is 6.94. The van der Waals surface area contributed by atoms with Gasteiger partial charge in [-0.1, -0.05) is 12.1 Å². The molecule has 1 aliphatic heterocycles. The monoisotopic (exact) mass is 434 g/mol. The van der Waals surface area contributed by atoms with Gasteiger partial charge in [-0.2, -0.15) is 8.78 Å². The number of alkyl halides is 2. The molecular formula is C22H28F2N4O3. The van der Waals surface area contributed by atoms with Crippen LogP contribution in [0.3, 0.4) is 0 Å². The molecule has 1 N–H and O–H groups in total. The smallest absolute Gasteiger partial charge is 0.387 e. The molecule has 0 aliphatic carbocycles. The lowest BCUT2D eigenvalue weighted by atomic mass is 10.2. The van der Waals surface area contributed by atoms with E-state index in [1.165, 1.54) is 7.11 Å². The summed E-state index contributed by atoms with van der Waals surface area (Å²) in [5, 5.41) is 3.30. The Hall–Kier alpha value is -3.23. The molecule has 3 rings (SSSR count). The van der Waals surface area contributed by atoms with E-state index < -0.39 is 6.61 Å². The van der Waals surface area contributed by atoms with Crippen LogP contribution < -0.4 is 24.4 Å². The number of methoxy groups -OCH3 is 2. The minimum Gasteiger partial charge on any atom is -0.497 e. The van der Waals surface area contributed by atoms with Crippen molar-refractivity contribution in [1.82, 2.24) is 10.2 Å². The van der Waals surface area contributed by atoms with E-state index in [0.29, 0.717) is 6.54 Å². The third-order valence-corrected chi connectivity index (χ3v) is 5.10. The lowest BCUT2D eigenvalue weighted by Crippen LogP contribution is -2.52. The van der Waals surface area contributed by atoms with Crippen molar-refractivity contribution in [1.29, 1.82) is 0 Å². The Morgan fingerprint density at radius 2 is 1.81 bits per heavy atom. The number of aliphatic imine (C=N–C) groups is 1. The van der Waals surface area contributed by atoms with Gasteiger partial charge in [-0.25, -0.2) is 0 Å². The van der Waals surface area contributed by atoms with E-state index in [4.69, 9.17) is 9.47 Å². The molecule has 31 heavy (non-hydrogen) atoms. The van der Waals surface area contributed by atoms with Gasteiger partial charge in [-0.3, -0.25) is 4.99 Å². The second-order valence-electron chi connectivity index (χ2n) is 6.94. The molecule has 7 nitrogen and oxygen atoms in total. The Balaban J connectivity index is 1.57. The fourth-order valence-electron chi connectivity index (χ4n) is 3.52. The summed E-state index contributed by atoms with van der Waals surface area (Å²) in [5.74, 6) is 1.88. The Morgan fingerprint density at radius 3 is 2.45 bits per heavy atom. The van der Waals surface area contributed by atoms with E-state index in [1.54, 1.807) is 32.4 Å². The van der Waals surface area contributed by atoms with E-state index in [-0.39, 0.29) is 11.5 Å². The number of piperazine rings is 1. The summed E-state index contributed by atoms with van der Waals surface area (Å²) >= 11 is 0. The molecule has 168 valence electrons. The summed E-state index contributed by atoms with van der Waals surface area (Å²) in [7, 11) is 4.81. The van der Waals surface area contributed by atoms with Crippen LogP contribution in [0.15, 0.2) is 47.5 Å². The fourth-order valence-corrected chi connectivity index (χ4v) is 3.52. The Labute approximate surface area is 181 Å². The number of rotatable bonds is 7. The third-order valence-electron chi connectivity index (χ3n) is 5.10. The summed E-state index contributed by atoms with van der Waals surface area (Å²) < 4.78 is 40.2. The highest BCUT2D eigenvalue weighted by atomic mass is 19.3. The number of anilines is 1. The van der Waals surface area contributed by atoms with E-state index in [0.717, 1.165) is 49.1 Å². The van der Waals surface area contributed by atoms with Crippen molar-refractivity contribution in [3.63, 3.8) is 0 Å². The van der Waals surface area contributed by atoms with Crippen molar-refractivity contribution in [2.45, 2.75) is 13.2 Å². The molecule has 0 amide bonds. The zero-order valence-corrected chi connectivity index (χ0v) is 18.0. The number of nitrogens with one attached hydrogen (secondary N) is 1. The molecule has 1 saturated heterocycles. The Bertz CT molecular complexity index is 887. The first-order chi connectivity index (χ1) is 15.0. The third kappa shape index (κ3) is 5.90. The van der Waals surface area contributed by atoms with Gasteiger partial charge < -0.3 is 29.3 Å². The largest absolute Gasteiger partial charge is 0.497 e. The first-order valence-electron chi connectivity index (χ1n) is 10.0. The maximum atomic E-state index is 12.6. The van der Waals surface area contributed by atoms with Crippen LogP contribution in [0.4, 0.5) is 14.5 Å². The van der Waals surface area contributed by atoms with Gasteiger partial charge >= 0.3 is 6.61 Å².